The maximum Gasteiger partial charge on any atom is 0.186 e. The molecule has 1 aliphatic heterocycles. The van der Waals surface area contributed by atoms with Crippen molar-refractivity contribution >= 4 is 79.0 Å². The summed E-state index contributed by atoms with van der Waals surface area (Å²) in [5, 5.41) is 6.91. The lowest BCUT2D eigenvalue weighted by atomic mass is 9.99. The first-order chi connectivity index (χ1) is 28.1. The minimum atomic E-state index is -3.01. The summed E-state index contributed by atoms with van der Waals surface area (Å²) in [4.78, 5) is 12.3. The van der Waals surface area contributed by atoms with Crippen LogP contribution < -0.4 is 25.6 Å². The van der Waals surface area contributed by atoms with Crippen molar-refractivity contribution in [1.29, 1.82) is 0 Å². The predicted octanol–water partition coefficient (Wildman–Crippen LogP) is 9.75. The van der Waals surface area contributed by atoms with Crippen LogP contribution in [0.2, 0.25) is 0 Å². The Balaban J connectivity index is 1.12. The molecule has 0 aliphatic carbocycles. The van der Waals surface area contributed by atoms with Gasteiger partial charge in [0.05, 0.1) is 11.0 Å². The molecule has 0 saturated carbocycles. The van der Waals surface area contributed by atoms with E-state index in [2.05, 4.69) is 107 Å². The van der Waals surface area contributed by atoms with Gasteiger partial charge in [-0.1, -0.05) is 127 Å². The fourth-order valence-electron chi connectivity index (χ4n) is 9.05. The molecule has 10 aromatic rings. The van der Waals surface area contributed by atoms with Crippen molar-refractivity contribution < 1.29 is 8.81 Å². The van der Waals surface area contributed by atoms with E-state index in [-0.39, 0.29) is 0 Å². The molecule has 1 unspecified atom stereocenters. The van der Waals surface area contributed by atoms with Crippen LogP contribution in [0.5, 0.6) is 0 Å². The lowest BCUT2D eigenvalue weighted by Crippen LogP contribution is -2.77. The van der Waals surface area contributed by atoms with Gasteiger partial charge in [-0.05, 0) is 86.5 Å². The summed E-state index contributed by atoms with van der Waals surface area (Å²) in [5.74, 6) is 1.64. The molecular formula is C50H35FN4OSi. The summed E-state index contributed by atoms with van der Waals surface area (Å²) in [7, 11) is -1.00. The van der Waals surface area contributed by atoms with Gasteiger partial charge < -0.3 is 8.98 Å². The van der Waals surface area contributed by atoms with Crippen LogP contribution in [-0.2, 0) is 7.05 Å². The lowest BCUT2D eigenvalue weighted by molar-refractivity contribution is 0.402. The number of aromatic nitrogens is 3. The molecule has 1 atom stereocenters. The summed E-state index contributed by atoms with van der Waals surface area (Å²) >= 11 is 0. The fraction of sp³-hybridized carbons (Fsp3) is 0.0400. The number of benzene rings is 7. The van der Waals surface area contributed by atoms with Crippen LogP contribution in [0.1, 0.15) is 17.3 Å². The van der Waals surface area contributed by atoms with Crippen LogP contribution in [-0.4, -0.2) is 22.6 Å². The Bertz CT molecular complexity index is 3100. The number of fused-ring (bicyclic) bond motifs is 6. The third kappa shape index (κ3) is 5.05. The zero-order valence-electron chi connectivity index (χ0n) is 31.1. The topological polar surface area (TPSA) is 47.1 Å². The van der Waals surface area contributed by atoms with E-state index < -0.39 is 14.2 Å². The van der Waals surface area contributed by atoms with Crippen LogP contribution in [0.25, 0.3) is 44.4 Å². The number of pyridine rings is 1. The average molecular weight is 755 g/mol. The van der Waals surface area contributed by atoms with Crippen molar-refractivity contribution in [2.75, 3.05) is 4.90 Å². The molecule has 0 spiro atoms. The van der Waals surface area contributed by atoms with Gasteiger partial charge in [-0.3, -0.25) is 4.90 Å². The van der Waals surface area contributed by atoms with Gasteiger partial charge in [-0.25, -0.2) is 14.4 Å². The van der Waals surface area contributed by atoms with Crippen LogP contribution in [0, 0.1) is 0 Å². The monoisotopic (exact) mass is 754 g/mol. The van der Waals surface area contributed by atoms with E-state index in [4.69, 9.17) is 14.4 Å². The maximum atomic E-state index is 17.0. The second-order valence-electron chi connectivity index (χ2n) is 14.7. The molecule has 0 N–H and O–H groups in total. The molecule has 7 aromatic carbocycles. The van der Waals surface area contributed by atoms with Gasteiger partial charge in [0.1, 0.15) is 22.8 Å². The minimum absolute atomic E-state index is 0.559. The van der Waals surface area contributed by atoms with Crippen molar-refractivity contribution in [2.45, 2.75) is 6.17 Å². The van der Waals surface area contributed by atoms with Gasteiger partial charge in [0, 0.05) is 41.0 Å². The molecule has 0 saturated heterocycles. The third-order valence-corrected chi connectivity index (χ3v) is 16.4. The van der Waals surface area contributed by atoms with Gasteiger partial charge in [0.15, 0.2) is 14.2 Å². The highest BCUT2D eigenvalue weighted by Crippen LogP contribution is 2.42. The van der Waals surface area contributed by atoms with Crippen LogP contribution in [0.3, 0.4) is 0 Å². The van der Waals surface area contributed by atoms with Crippen molar-refractivity contribution in [3.05, 3.63) is 199 Å². The third-order valence-electron chi connectivity index (χ3n) is 11.6. The van der Waals surface area contributed by atoms with Crippen molar-refractivity contribution in [3.63, 3.8) is 0 Å². The molecule has 5 nitrogen and oxygen atoms in total. The van der Waals surface area contributed by atoms with Gasteiger partial charge in [0.25, 0.3) is 0 Å². The highest BCUT2D eigenvalue weighted by Gasteiger charge is 2.50. The Hall–Kier alpha value is -7.09. The predicted molar refractivity (Wildman–Crippen MR) is 232 cm³/mol. The first kappa shape index (κ1) is 33.3. The fourth-order valence-corrected chi connectivity index (χ4v) is 14.1. The highest BCUT2D eigenvalue weighted by atomic mass is 28.3. The van der Waals surface area contributed by atoms with Gasteiger partial charge in [-0.15, -0.1) is 0 Å². The summed E-state index contributed by atoms with van der Waals surface area (Å²) in [6, 6.07) is 62.3. The average Bonchev–Trinajstić information content (AvgIpc) is 3.82. The SMILES string of the molecule is Cn1c(-c2cccc(C(F)c3cccc(N4c5cc6c(cc5[Si](c5ccccc5)(c5ccccc5)c5cccnc54)oc4ccccc46)c3)c2)nc2ccccc21. The molecular weight excluding hydrogens is 720 g/mol. The van der Waals surface area contributed by atoms with Crippen molar-refractivity contribution in [2.24, 2.45) is 7.05 Å². The van der Waals surface area contributed by atoms with Crippen LogP contribution in [0.4, 0.5) is 21.6 Å². The smallest absolute Gasteiger partial charge is 0.186 e. The molecule has 4 heterocycles. The number of anilines is 3. The van der Waals surface area contributed by atoms with E-state index in [1.54, 1.807) is 0 Å². The Morgan fingerprint density at radius 3 is 2.09 bits per heavy atom. The van der Waals surface area contributed by atoms with Crippen molar-refractivity contribution in [3.8, 4) is 11.4 Å². The number of rotatable bonds is 6. The number of hydrogen-bond acceptors (Lipinski definition) is 4. The molecule has 57 heavy (non-hydrogen) atoms. The Labute approximate surface area is 330 Å². The normalized spacial score (nSPS) is 13.8. The van der Waals surface area contributed by atoms with Crippen LogP contribution in [0.15, 0.2) is 193 Å². The number of halogens is 1. The summed E-state index contributed by atoms with van der Waals surface area (Å²) in [5.41, 5.74) is 7.46. The Morgan fingerprint density at radius 1 is 0.596 bits per heavy atom. The summed E-state index contributed by atoms with van der Waals surface area (Å²) < 4.78 is 25.7. The molecule has 272 valence electrons. The van der Waals surface area contributed by atoms with E-state index in [1.807, 2.05) is 98.2 Å². The van der Waals surface area contributed by atoms with E-state index >= 15 is 4.39 Å². The molecule has 7 heteroatoms. The molecule has 0 bridgehead atoms. The van der Waals surface area contributed by atoms with Gasteiger partial charge >= 0.3 is 0 Å². The second-order valence-corrected chi connectivity index (χ2v) is 18.5. The zero-order valence-corrected chi connectivity index (χ0v) is 32.1. The number of alkyl halides is 1. The number of furan rings is 1. The van der Waals surface area contributed by atoms with Gasteiger partial charge in [-0.2, -0.15) is 0 Å². The van der Waals surface area contributed by atoms with Crippen molar-refractivity contribution in [1.82, 2.24) is 14.5 Å². The molecule has 0 fully saturated rings. The number of imidazole rings is 1. The quantitative estimate of drug-likeness (QED) is 0.159. The highest BCUT2D eigenvalue weighted by molar-refractivity contribution is 7.21. The van der Waals surface area contributed by atoms with E-state index in [9.17, 15) is 0 Å². The largest absolute Gasteiger partial charge is 0.456 e. The summed E-state index contributed by atoms with van der Waals surface area (Å²) in [6.07, 6.45) is 0.487. The lowest BCUT2D eigenvalue weighted by Gasteiger charge is -2.44. The molecule has 11 rings (SSSR count). The minimum Gasteiger partial charge on any atom is -0.456 e. The van der Waals surface area contributed by atoms with Crippen LogP contribution >= 0.6 is 0 Å². The first-order valence-electron chi connectivity index (χ1n) is 19.2. The Morgan fingerprint density at radius 2 is 1.30 bits per heavy atom. The molecule has 1 aliphatic rings. The van der Waals surface area contributed by atoms with E-state index in [1.165, 1.54) is 15.6 Å². The Kier molecular flexibility index (Phi) is 7.59. The standard InChI is InChI=1S/C50H35FN4OSi/c1-54-42-25-10-9-24-41(42)53-49(54)35-17-12-15-33(29-35)48(51)34-16-13-18-36(30-34)55-43-31-40-39-23-8-11-26-44(39)56-45(40)32-47(43)57(37-19-4-2-5-20-37,38-21-6-3-7-22-38)46-27-14-28-52-50(46)55/h2-32,48H,1H3. The molecule has 3 aromatic heterocycles. The summed E-state index contributed by atoms with van der Waals surface area (Å²) in [6.45, 7) is 0. The second kappa shape index (κ2) is 13.0. The molecule has 0 amide bonds. The first-order valence-corrected chi connectivity index (χ1v) is 21.2. The molecule has 0 radical (unpaired) electrons. The van der Waals surface area contributed by atoms with E-state index in [0.717, 1.165) is 66.7 Å². The number of nitrogens with zero attached hydrogens (tertiary/aromatic N) is 4. The number of hydrogen-bond donors (Lipinski definition) is 0. The van der Waals surface area contributed by atoms with Gasteiger partial charge in [0.2, 0.25) is 0 Å². The maximum absolute atomic E-state index is 17.0. The number of para-hydroxylation sites is 3. The zero-order chi connectivity index (χ0) is 38.1. The number of aryl methyl sites for hydroxylation is 1. The van der Waals surface area contributed by atoms with E-state index in [0.29, 0.717) is 11.1 Å².